The first-order valence-electron chi connectivity index (χ1n) is 8.91. The molecule has 0 radical (unpaired) electrons. The third-order valence-electron chi connectivity index (χ3n) is 5.61. The summed E-state index contributed by atoms with van der Waals surface area (Å²) in [4.78, 5) is 0.240. The number of ether oxygens (including phenoxy) is 1. The van der Waals surface area contributed by atoms with E-state index >= 15 is 0 Å². The zero-order chi connectivity index (χ0) is 18.5. The molecule has 26 heavy (non-hydrogen) atoms. The minimum atomic E-state index is -3.66. The van der Waals surface area contributed by atoms with Crippen molar-refractivity contribution in [3.63, 3.8) is 0 Å². The van der Waals surface area contributed by atoms with E-state index in [1.807, 2.05) is 19.9 Å². The van der Waals surface area contributed by atoms with Gasteiger partial charge in [-0.25, -0.2) is 13.1 Å². The van der Waals surface area contributed by atoms with Crippen LogP contribution in [-0.4, -0.2) is 19.1 Å². The highest BCUT2D eigenvalue weighted by atomic mass is 32.2. The van der Waals surface area contributed by atoms with Gasteiger partial charge < -0.3 is 9.84 Å². The van der Waals surface area contributed by atoms with Crippen LogP contribution >= 0.6 is 0 Å². The zero-order valence-electron chi connectivity index (χ0n) is 15.0. The molecule has 2 N–H and O–H groups in total. The average Bonchev–Trinajstić information content (AvgIpc) is 2.58. The Labute approximate surface area is 154 Å². The summed E-state index contributed by atoms with van der Waals surface area (Å²) in [5, 5.41) is 10.4. The Balaban J connectivity index is 1.78. The van der Waals surface area contributed by atoms with Crippen LogP contribution < -0.4 is 9.46 Å². The summed E-state index contributed by atoms with van der Waals surface area (Å²) < 4.78 is 34.9. The van der Waals surface area contributed by atoms with Crippen molar-refractivity contribution in [1.82, 2.24) is 4.72 Å². The van der Waals surface area contributed by atoms with Gasteiger partial charge in [-0.1, -0.05) is 18.2 Å². The van der Waals surface area contributed by atoms with E-state index in [1.54, 1.807) is 30.3 Å². The molecule has 1 spiro atoms. The lowest BCUT2D eigenvalue weighted by Crippen LogP contribution is -2.50. The van der Waals surface area contributed by atoms with Gasteiger partial charge in [0.1, 0.15) is 17.1 Å². The Morgan fingerprint density at radius 3 is 2.50 bits per heavy atom. The Bertz CT molecular complexity index is 950. The predicted molar refractivity (Wildman–Crippen MR) is 98.9 cm³/mol. The molecule has 2 aliphatic rings. The minimum Gasteiger partial charge on any atom is -0.507 e. The van der Waals surface area contributed by atoms with Gasteiger partial charge in [0.15, 0.2) is 0 Å². The summed E-state index contributed by atoms with van der Waals surface area (Å²) in [6.45, 7) is 3.64. The van der Waals surface area contributed by atoms with Gasteiger partial charge in [0, 0.05) is 12.0 Å². The van der Waals surface area contributed by atoms with Gasteiger partial charge in [0.05, 0.1) is 10.9 Å². The fraction of sp³-hybridized carbons (Fsp3) is 0.400. The van der Waals surface area contributed by atoms with Crippen LogP contribution in [0.1, 0.15) is 48.4 Å². The van der Waals surface area contributed by atoms with Crippen molar-refractivity contribution in [1.29, 1.82) is 0 Å². The minimum absolute atomic E-state index is 0.195. The largest absolute Gasteiger partial charge is 0.507 e. The lowest BCUT2D eigenvalue weighted by molar-refractivity contribution is -0.0348. The molecule has 0 amide bonds. The molecule has 138 valence electrons. The van der Waals surface area contributed by atoms with Crippen molar-refractivity contribution < 1.29 is 18.3 Å². The number of rotatable bonds is 3. The van der Waals surface area contributed by atoms with E-state index in [0.29, 0.717) is 17.7 Å². The number of phenols is 1. The summed E-state index contributed by atoms with van der Waals surface area (Å²) in [7, 11) is -3.66. The maximum Gasteiger partial charge on any atom is 0.241 e. The van der Waals surface area contributed by atoms with E-state index in [0.717, 1.165) is 30.4 Å². The molecule has 1 saturated carbocycles. The van der Waals surface area contributed by atoms with E-state index < -0.39 is 16.1 Å². The molecule has 1 heterocycles. The predicted octanol–water partition coefficient (Wildman–Crippen LogP) is 3.73. The first-order valence-corrected chi connectivity index (χ1v) is 10.4. The van der Waals surface area contributed by atoms with Gasteiger partial charge in [-0.05, 0) is 62.4 Å². The number of nitrogens with one attached hydrogen (secondary N) is 1. The van der Waals surface area contributed by atoms with Crippen LogP contribution in [0.2, 0.25) is 0 Å². The van der Waals surface area contributed by atoms with E-state index in [2.05, 4.69) is 4.72 Å². The summed E-state index contributed by atoms with van der Waals surface area (Å²) in [6.07, 6.45) is 3.52. The highest BCUT2D eigenvalue weighted by Gasteiger charge is 2.47. The summed E-state index contributed by atoms with van der Waals surface area (Å²) in [6, 6.07) is 9.77. The molecule has 2 aromatic rings. The van der Waals surface area contributed by atoms with Gasteiger partial charge in [-0.15, -0.1) is 0 Å². The Morgan fingerprint density at radius 2 is 1.88 bits per heavy atom. The van der Waals surface area contributed by atoms with Crippen LogP contribution in [0.25, 0.3) is 0 Å². The first kappa shape index (κ1) is 17.4. The van der Waals surface area contributed by atoms with Gasteiger partial charge >= 0.3 is 0 Å². The molecule has 0 bridgehead atoms. The molecule has 0 saturated heterocycles. The van der Waals surface area contributed by atoms with E-state index in [4.69, 9.17) is 4.74 Å². The van der Waals surface area contributed by atoms with Gasteiger partial charge in [-0.2, -0.15) is 0 Å². The van der Waals surface area contributed by atoms with Crippen LogP contribution in [0, 0.1) is 13.8 Å². The standard InChI is InChI=1S/C20H23NO4S/c1-13-11-17-18(14(2)19(13)22)16(12-20(25-17)9-6-10-20)21-26(23,24)15-7-4-3-5-8-15/h3-5,7-8,11,16,21-22H,6,9-10,12H2,1-2H3. The summed E-state index contributed by atoms with van der Waals surface area (Å²) in [5.41, 5.74) is 1.86. The third-order valence-corrected chi connectivity index (χ3v) is 7.10. The summed E-state index contributed by atoms with van der Waals surface area (Å²) >= 11 is 0. The average molecular weight is 373 g/mol. The van der Waals surface area contributed by atoms with E-state index in [9.17, 15) is 13.5 Å². The van der Waals surface area contributed by atoms with Crippen LogP contribution in [0.5, 0.6) is 11.5 Å². The number of hydrogen-bond donors (Lipinski definition) is 2. The van der Waals surface area contributed by atoms with E-state index in [1.165, 1.54) is 0 Å². The van der Waals surface area contributed by atoms with Gasteiger partial charge in [-0.3, -0.25) is 0 Å². The Hall–Kier alpha value is -2.05. The number of aryl methyl sites for hydroxylation is 1. The highest BCUT2D eigenvalue weighted by Crippen LogP contribution is 2.51. The second-order valence-electron chi connectivity index (χ2n) is 7.41. The van der Waals surface area contributed by atoms with E-state index in [-0.39, 0.29) is 16.2 Å². The molecule has 1 aliphatic carbocycles. The molecule has 5 nitrogen and oxygen atoms in total. The van der Waals surface area contributed by atoms with Crippen molar-refractivity contribution in [2.24, 2.45) is 0 Å². The third kappa shape index (κ3) is 2.77. The van der Waals surface area contributed by atoms with Crippen LogP contribution in [0.4, 0.5) is 0 Å². The van der Waals surface area contributed by atoms with Crippen LogP contribution in [-0.2, 0) is 10.0 Å². The molecular weight excluding hydrogens is 350 g/mol. The molecule has 6 heteroatoms. The summed E-state index contributed by atoms with van der Waals surface area (Å²) in [5.74, 6) is 0.880. The molecule has 2 aromatic carbocycles. The van der Waals surface area contributed by atoms with Crippen molar-refractivity contribution in [2.75, 3.05) is 0 Å². The van der Waals surface area contributed by atoms with Crippen LogP contribution in [0.3, 0.4) is 0 Å². The quantitative estimate of drug-likeness (QED) is 0.859. The lowest BCUT2D eigenvalue weighted by atomic mass is 9.72. The smallest absolute Gasteiger partial charge is 0.241 e. The first-order chi connectivity index (χ1) is 12.3. The molecule has 1 fully saturated rings. The number of hydrogen-bond acceptors (Lipinski definition) is 4. The lowest BCUT2D eigenvalue weighted by Gasteiger charge is -2.48. The number of sulfonamides is 1. The molecule has 4 rings (SSSR count). The number of aromatic hydroxyl groups is 1. The molecule has 0 aromatic heterocycles. The zero-order valence-corrected chi connectivity index (χ0v) is 15.8. The normalized spacial score (nSPS) is 20.9. The fourth-order valence-electron chi connectivity index (χ4n) is 4.05. The van der Waals surface area contributed by atoms with Gasteiger partial charge in [0.2, 0.25) is 10.0 Å². The molecular formula is C20H23NO4S. The Kier molecular flexibility index (Phi) is 4.00. The number of fused-ring (bicyclic) bond motifs is 1. The second kappa shape index (κ2) is 5.99. The van der Waals surface area contributed by atoms with Crippen molar-refractivity contribution in [3.05, 3.63) is 53.1 Å². The van der Waals surface area contributed by atoms with Crippen molar-refractivity contribution in [2.45, 2.75) is 56.1 Å². The second-order valence-corrected chi connectivity index (χ2v) is 9.12. The van der Waals surface area contributed by atoms with Crippen LogP contribution in [0.15, 0.2) is 41.3 Å². The Morgan fingerprint density at radius 1 is 1.19 bits per heavy atom. The molecule has 1 atom stereocenters. The SMILES string of the molecule is Cc1cc2c(c(C)c1O)C(NS(=O)(=O)c1ccccc1)CC1(CCC1)O2. The van der Waals surface area contributed by atoms with Crippen molar-refractivity contribution >= 4 is 10.0 Å². The van der Waals surface area contributed by atoms with Crippen molar-refractivity contribution in [3.8, 4) is 11.5 Å². The molecule has 1 aliphatic heterocycles. The fourth-order valence-corrected chi connectivity index (χ4v) is 5.28. The maximum absolute atomic E-state index is 12.9. The maximum atomic E-state index is 12.9. The topological polar surface area (TPSA) is 75.6 Å². The molecule has 1 unspecified atom stereocenters. The van der Waals surface area contributed by atoms with Gasteiger partial charge in [0.25, 0.3) is 0 Å². The number of phenolic OH excluding ortho intramolecular Hbond substituents is 1. The number of benzene rings is 2. The highest BCUT2D eigenvalue weighted by molar-refractivity contribution is 7.89. The monoisotopic (exact) mass is 373 g/mol.